The highest BCUT2D eigenvalue weighted by molar-refractivity contribution is 5.78. The topological polar surface area (TPSA) is 47.6 Å². The van der Waals surface area contributed by atoms with Gasteiger partial charge in [0, 0.05) is 13.5 Å². The van der Waals surface area contributed by atoms with Crippen LogP contribution in [0.3, 0.4) is 0 Å². The van der Waals surface area contributed by atoms with Gasteiger partial charge in [0.15, 0.2) is 0 Å². The third-order valence-corrected chi connectivity index (χ3v) is 2.14. The molecule has 1 rings (SSSR count). The lowest BCUT2D eigenvalue weighted by Crippen LogP contribution is -2.24. The van der Waals surface area contributed by atoms with Gasteiger partial charge < -0.3 is 14.8 Å². The maximum Gasteiger partial charge on any atom is 0.225 e. The molecule has 0 saturated carbocycles. The van der Waals surface area contributed by atoms with Crippen molar-refractivity contribution >= 4 is 12.0 Å². The smallest absolute Gasteiger partial charge is 0.225 e. The number of carbonyl (C=O) groups is 1. The number of rotatable bonds is 6. The predicted octanol–water partition coefficient (Wildman–Crippen LogP) is 1.82. The van der Waals surface area contributed by atoms with Gasteiger partial charge in [0.2, 0.25) is 5.91 Å². The Morgan fingerprint density at radius 3 is 2.59 bits per heavy atom. The molecule has 0 radical (unpaired) electrons. The summed E-state index contributed by atoms with van der Waals surface area (Å²) in [6.45, 7) is 0.245. The highest BCUT2D eigenvalue weighted by Crippen LogP contribution is 2.12. The second kappa shape index (κ2) is 7.46. The molecule has 0 aliphatic rings. The Morgan fingerprint density at radius 1 is 1.29 bits per heavy atom. The van der Waals surface area contributed by atoms with Gasteiger partial charge in [0.1, 0.15) is 12.5 Å². The lowest BCUT2D eigenvalue weighted by Gasteiger charge is -2.00. The second-order valence-electron chi connectivity index (χ2n) is 3.41. The number of benzene rings is 1. The van der Waals surface area contributed by atoms with E-state index in [0.717, 1.165) is 11.3 Å². The molecule has 0 aromatic heterocycles. The Labute approximate surface area is 101 Å². The van der Waals surface area contributed by atoms with Crippen LogP contribution in [-0.2, 0) is 9.53 Å². The predicted molar refractivity (Wildman–Crippen MR) is 66.7 cm³/mol. The summed E-state index contributed by atoms with van der Waals surface area (Å²) in [4.78, 5) is 11.2. The molecular weight excluding hydrogens is 218 g/mol. The van der Waals surface area contributed by atoms with E-state index in [1.165, 1.54) is 7.11 Å². The van der Waals surface area contributed by atoms with Gasteiger partial charge in [-0.2, -0.15) is 0 Å². The molecule has 1 amide bonds. The lowest BCUT2D eigenvalue weighted by atomic mass is 10.2. The van der Waals surface area contributed by atoms with Crippen LogP contribution in [0.15, 0.2) is 30.3 Å². The zero-order valence-electron chi connectivity index (χ0n) is 10.1. The van der Waals surface area contributed by atoms with Crippen molar-refractivity contribution in [2.75, 3.05) is 21.0 Å². The first kappa shape index (κ1) is 13.3. The van der Waals surface area contributed by atoms with Gasteiger partial charge in [0.05, 0.1) is 7.11 Å². The molecule has 0 fully saturated rings. The third kappa shape index (κ3) is 5.17. The summed E-state index contributed by atoms with van der Waals surface area (Å²) in [5, 5.41) is 2.60. The molecule has 4 nitrogen and oxygen atoms in total. The second-order valence-corrected chi connectivity index (χ2v) is 3.41. The number of hydrogen-bond donors (Lipinski definition) is 1. The van der Waals surface area contributed by atoms with E-state index in [9.17, 15) is 4.79 Å². The Hall–Kier alpha value is -1.81. The van der Waals surface area contributed by atoms with E-state index < -0.39 is 0 Å². The van der Waals surface area contributed by atoms with E-state index in [4.69, 9.17) is 9.47 Å². The normalized spacial score (nSPS) is 10.5. The van der Waals surface area contributed by atoms with E-state index in [1.807, 2.05) is 36.4 Å². The van der Waals surface area contributed by atoms with E-state index in [0.29, 0.717) is 6.42 Å². The van der Waals surface area contributed by atoms with Crippen molar-refractivity contribution in [3.8, 4) is 5.75 Å². The molecule has 0 bridgehead atoms. The number of amides is 1. The minimum absolute atomic E-state index is 0.0587. The zero-order chi connectivity index (χ0) is 12.5. The summed E-state index contributed by atoms with van der Waals surface area (Å²) in [6.07, 6.45) is 4.05. The van der Waals surface area contributed by atoms with Crippen molar-refractivity contribution in [1.82, 2.24) is 5.32 Å². The summed E-state index contributed by atoms with van der Waals surface area (Å²) >= 11 is 0. The molecule has 1 aromatic carbocycles. The molecule has 0 unspecified atom stereocenters. The van der Waals surface area contributed by atoms with Gasteiger partial charge in [-0.1, -0.05) is 24.3 Å². The Bertz CT molecular complexity index is 371. The van der Waals surface area contributed by atoms with Crippen molar-refractivity contribution in [2.45, 2.75) is 6.42 Å². The first-order valence-corrected chi connectivity index (χ1v) is 5.32. The molecule has 1 aromatic rings. The molecule has 0 aliphatic heterocycles. The molecule has 4 heteroatoms. The van der Waals surface area contributed by atoms with E-state index in [2.05, 4.69) is 5.32 Å². The summed E-state index contributed by atoms with van der Waals surface area (Å²) in [7, 11) is 3.17. The summed E-state index contributed by atoms with van der Waals surface area (Å²) in [5.41, 5.74) is 1.03. The fraction of sp³-hybridized carbons (Fsp3) is 0.308. The van der Waals surface area contributed by atoms with Crippen LogP contribution >= 0.6 is 0 Å². The third-order valence-electron chi connectivity index (χ3n) is 2.14. The standard InChI is InChI=1S/C13H17NO3/c1-16-10-14-13(15)5-3-4-11-6-8-12(17-2)9-7-11/h3-4,6-9H,5,10H2,1-2H3,(H,14,15)/b4-3+. The number of methoxy groups -OCH3 is 2. The van der Waals surface area contributed by atoms with Gasteiger partial charge in [-0.25, -0.2) is 0 Å². The highest BCUT2D eigenvalue weighted by atomic mass is 16.5. The summed E-state index contributed by atoms with van der Waals surface area (Å²) < 4.78 is 9.79. The van der Waals surface area contributed by atoms with Crippen LogP contribution in [0.5, 0.6) is 5.75 Å². The molecule has 1 N–H and O–H groups in total. The van der Waals surface area contributed by atoms with Crippen LogP contribution < -0.4 is 10.1 Å². The highest BCUT2D eigenvalue weighted by Gasteiger charge is 1.95. The SMILES string of the molecule is COCNC(=O)C/C=C/c1ccc(OC)cc1. The first-order valence-electron chi connectivity index (χ1n) is 5.32. The molecule has 0 spiro atoms. The largest absolute Gasteiger partial charge is 0.497 e. The van der Waals surface area contributed by atoms with Gasteiger partial charge >= 0.3 is 0 Å². The quantitative estimate of drug-likeness (QED) is 0.765. The van der Waals surface area contributed by atoms with Gasteiger partial charge in [0.25, 0.3) is 0 Å². The molecule has 0 atom stereocenters. The van der Waals surface area contributed by atoms with Crippen LogP contribution in [0.4, 0.5) is 0 Å². The average molecular weight is 235 g/mol. The number of hydrogen-bond acceptors (Lipinski definition) is 3. The zero-order valence-corrected chi connectivity index (χ0v) is 10.1. The Morgan fingerprint density at radius 2 is 2.00 bits per heavy atom. The van der Waals surface area contributed by atoms with Crippen molar-refractivity contribution < 1.29 is 14.3 Å². The summed E-state index contributed by atoms with van der Waals surface area (Å²) in [5.74, 6) is 0.761. The van der Waals surface area contributed by atoms with Crippen LogP contribution in [0, 0.1) is 0 Å². The average Bonchev–Trinajstić information content (AvgIpc) is 2.37. The first-order chi connectivity index (χ1) is 8.26. The Balaban J connectivity index is 2.39. The molecule has 17 heavy (non-hydrogen) atoms. The number of carbonyl (C=O) groups excluding carboxylic acids is 1. The maximum absolute atomic E-state index is 11.2. The van der Waals surface area contributed by atoms with Crippen LogP contribution in [0.1, 0.15) is 12.0 Å². The molecule has 92 valence electrons. The number of ether oxygens (including phenoxy) is 2. The van der Waals surface area contributed by atoms with Crippen LogP contribution in [-0.4, -0.2) is 26.9 Å². The fourth-order valence-corrected chi connectivity index (χ4v) is 1.24. The minimum atomic E-state index is -0.0587. The lowest BCUT2D eigenvalue weighted by molar-refractivity contribution is -0.121. The monoisotopic (exact) mass is 235 g/mol. The molecular formula is C13H17NO3. The van der Waals surface area contributed by atoms with Gasteiger partial charge in [-0.3, -0.25) is 4.79 Å². The van der Waals surface area contributed by atoms with Crippen molar-refractivity contribution in [3.63, 3.8) is 0 Å². The number of nitrogens with one attached hydrogen (secondary N) is 1. The van der Waals surface area contributed by atoms with Crippen LogP contribution in [0.25, 0.3) is 6.08 Å². The van der Waals surface area contributed by atoms with Gasteiger partial charge in [-0.15, -0.1) is 0 Å². The van der Waals surface area contributed by atoms with Crippen molar-refractivity contribution in [2.24, 2.45) is 0 Å². The van der Waals surface area contributed by atoms with E-state index in [-0.39, 0.29) is 12.6 Å². The maximum atomic E-state index is 11.2. The van der Waals surface area contributed by atoms with Gasteiger partial charge in [-0.05, 0) is 17.7 Å². The minimum Gasteiger partial charge on any atom is -0.497 e. The van der Waals surface area contributed by atoms with E-state index in [1.54, 1.807) is 7.11 Å². The fourth-order valence-electron chi connectivity index (χ4n) is 1.24. The molecule has 0 saturated heterocycles. The Kier molecular flexibility index (Phi) is 5.82. The summed E-state index contributed by atoms with van der Waals surface area (Å²) in [6, 6.07) is 7.63. The van der Waals surface area contributed by atoms with Crippen molar-refractivity contribution in [1.29, 1.82) is 0 Å². The van der Waals surface area contributed by atoms with Crippen molar-refractivity contribution in [3.05, 3.63) is 35.9 Å². The molecule has 0 aliphatic carbocycles. The molecule has 0 heterocycles. The van der Waals surface area contributed by atoms with Crippen LogP contribution in [0.2, 0.25) is 0 Å². The van der Waals surface area contributed by atoms with E-state index >= 15 is 0 Å².